The van der Waals surface area contributed by atoms with Crippen molar-refractivity contribution in [2.75, 3.05) is 13.2 Å². The first-order valence-electron chi connectivity index (χ1n) is 9.40. The molecule has 0 atom stereocenters. The van der Waals surface area contributed by atoms with Crippen LogP contribution >= 0.6 is 0 Å². The Balaban J connectivity index is 1.87. The normalized spacial score (nSPS) is 14.6. The average Bonchev–Trinajstić information content (AvgIpc) is 3.08. The number of hydrogen-bond acceptors (Lipinski definition) is 3. The maximum Gasteiger partial charge on any atom is 0.220 e. The van der Waals surface area contributed by atoms with Gasteiger partial charge in [0, 0.05) is 12.5 Å². The van der Waals surface area contributed by atoms with Crippen molar-refractivity contribution in [2.24, 2.45) is 0 Å². The van der Waals surface area contributed by atoms with E-state index in [9.17, 15) is 4.79 Å². The van der Waals surface area contributed by atoms with Crippen molar-refractivity contribution < 1.29 is 14.3 Å². The molecule has 1 aliphatic rings. The Morgan fingerprint density at radius 2 is 1.96 bits per heavy atom. The molecule has 24 heavy (non-hydrogen) atoms. The fraction of sp³-hybridized carbons (Fsp3) is 0.650. The third-order valence-corrected chi connectivity index (χ3v) is 4.42. The molecular weight excluding hydrogens is 302 g/mol. The van der Waals surface area contributed by atoms with E-state index in [-0.39, 0.29) is 5.91 Å². The number of nitrogens with one attached hydrogen (secondary N) is 1. The molecule has 0 spiro atoms. The maximum atomic E-state index is 12.1. The third-order valence-electron chi connectivity index (χ3n) is 4.42. The highest BCUT2D eigenvalue weighted by Gasteiger charge is 2.17. The number of unbranched alkanes of at least 4 members (excludes halogenated alkanes) is 1. The van der Waals surface area contributed by atoms with Crippen LogP contribution in [0.1, 0.15) is 64.4 Å². The number of ether oxygens (including phenoxy) is 2. The molecule has 1 fully saturated rings. The van der Waals surface area contributed by atoms with Crippen molar-refractivity contribution in [3.8, 4) is 11.5 Å². The highest BCUT2D eigenvalue weighted by molar-refractivity contribution is 5.76. The predicted molar refractivity (Wildman–Crippen MR) is 96.7 cm³/mol. The van der Waals surface area contributed by atoms with Gasteiger partial charge in [-0.05, 0) is 50.3 Å². The summed E-state index contributed by atoms with van der Waals surface area (Å²) in [6.45, 7) is 5.43. The molecule has 0 bridgehead atoms. The Bertz CT molecular complexity index is 510. The van der Waals surface area contributed by atoms with Crippen molar-refractivity contribution in [2.45, 2.75) is 71.3 Å². The summed E-state index contributed by atoms with van der Waals surface area (Å²) >= 11 is 0. The molecule has 1 amide bonds. The van der Waals surface area contributed by atoms with Gasteiger partial charge in [-0.1, -0.05) is 32.3 Å². The molecule has 1 saturated carbocycles. The molecule has 1 aromatic carbocycles. The van der Waals surface area contributed by atoms with Crippen LogP contribution in [0.4, 0.5) is 0 Å². The molecule has 0 heterocycles. The van der Waals surface area contributed by atoms with Crippen LogP contribution in [0.2, 0.25) is 0 Å². The summed E-state index contributed by atoms with van der Waals surface area (Å²) in [5.41, 5.74) is 1.11. The molecule has 4 nitrogen and oxygen atoms in total. The zero-order valence-corrected chi connectivity index (χ0v) is 15.1. The number of carbonyl (C=O) groups excluding carboxylic acids is 1. The van der Waals surface area contributed by atoms with E-state index in [2.05, 4.69) is 12.2 Å². The Kier molecular flexibility index (Phi) is 7.93. The number of aryl methyl sites for hydroxylation is 1. The van der Waals surface area contributed by atoms with E-state index in [1.54, 1.807) is 0 Å². The summed E-state index contributed by atoms with van der Waals surface area (Å²) in [6.07, 6.45) is 8.14. The average molecular weight is 333 g/mol. The van der Waals surface area contributed by atoms with E-state index in [0.29, 0.717) is 25.7 Å². The molecule has 0 aromatic heterocycles. The smallest absolute Gasteiger partial charge is 0.220 e. The maximum absolute atomic E-state index is 12.1. The lowest BCUT2D eigenvalue weighted by Gasteiger charge is -2.14. The van der Waals surface area contributed by atoms with Gasteiger partial charge in [-0.15, -0.1) is 0 Å². The third kappa shape index (κ3) is 6.06. The van der Waals surface area contributed by atoms with Gasteiger partial charge in [0.1, 0.15) is 0 Å². The number of rotatable bonds is 10. The van der Waals surface area contributed by atoms with Crippen molar-refractivity contribution in [1.82, 2.24) is 5.32 Å². The van der Waals surface area contributed by atoms with Crippen LogP contribution in [0.5, 0.6) is 11.5 Å². The Morgan fingerprint density at radius 1 is 1.17 bits per heavy atom. The second-order valence-electron chi connectivity index (χ2n) is 6.47. The van der Waals surface area contributed by atoms with E-state index >= 15 is 0 Å². The Morgan fingerprint density at radius 3 is 2.67 bits per heavy atom. The zero-order chi connectivity index (χ0) is 17.2. The lowest BCUT2D eigenvalue weighted by molar-refractivity contribution is -0.121. The summed E-state index contributed by atoms with van der Waals surface area (Å²) in [5.74, 6) is 1.73. The Hall–Kier alpha value is -1.71. The minimum absolute atomic E-state index is 0.156. The van der Waals surface area contributed by atoms with E-state index < -0.39 is 0 Å². The second kappa shape index (κ2) is 10.2. The quantitative estimate of drug-likeness (QED) is 0.651. The van der Waals surface area contributed by atoms with Crippen molar-refractivity contribution >= 4 is 5.91 Å². The number of hydrogen-bond donors (Lipinski definition) is 1. The van der Waals surface area contributed by atoms with Crippen LogP contribution in [0.25, 0.3) is 0 Å². The summed E-state index contributed by atoms with van der Waals surface area (Å²) in [6, 6.07) is 6.40. The molecule has 0 saturated heterocycles. The van der Waals surface area contributed by atoms with Gasteiger partial charge in [-0.25, -0.2) is 0 Å². The fourth-order valence-electron chi connectivity index (χ4n) is 3.05. The Labute approximate surface area is 145 Å². The fourth-order valence-corrected chi connectivity index (χ4v) is 3.05. The number of amides is 1. The van der Waals surface area contributed by atoms with Gasteiger partial charge in [0.15, 0.2) is 11.5 Å². The first kappa shape index (κ1) is 18.6. The molecule has 1 N–H and O–H groups in total. The van der Waals surface area contributed by atoms with Gasteiger partial charge in [0.05, 0.1) is 13.2 Å². The minimum Gasteiger partial charge on any atom is -0.490 e. The highest BCUT2D eigenvalue weighted by atomic mass is 16.5. The monoisotopic (exact) mass is 333 g/mol. The van der Waals surface area contributed by atoms with E-state index in [0.717, 1.165) is 49.2 Å². The van der Waals surface area contributed by atoms with Crippen LogP contribution in [-0.4, -0.2) is 25.2 Å². The molecule has 2 rings (SSSR count). The molecule has 0 radical (unpaired) electrons. The van der Waals surface area contributed by atoms with Crippen molar-refractivity contribution in [3.63, 3.8) is 0 Å². The molecule has 134 valence electrons. The standard InChI is InChI=1S/C20H31NO3/c1-3-5-14-24-18-12-10-16(15-19(18)23-4-2)11-13-20(22)21-17-8-6-7-9-17/h10,12,15,17H,3-9,11,13-14H2,1-2H3,(H,21,22). The molecule has 0 unspecified atom stereocenters. The topological polar surface area (TPSA) is 47.6 Å². The summed E-state index contributed by atoms with van der Waals surface area (Å²) < 4.78 is 11.5. The van der Waals surface area contributed by atoms with E-state index in [1.807, 2.05) is 25.1 Å². The minimum atomic E-state index is 0.156. The highest BCUT2D eigenvalue weighted by Crippen LogP contribution is 2.29. The summed E-state index contributed by atoms with van der Waals surface area (Å²) in [4.78, 5) is 12.1. The van der Waals surface area contributed by atoms with Crippen LogP contribution in [0.15, 0.2) is 18.2 Å². The SMILES string of the molecule is CCCCOc1ccc(CCC(=O)NC2CCCC2)cc1OCC. The lowest BCUT2D eigenvalue weighted by Crippen LogP contribution is -2.32. The summed E-state index contributed by atoms with van der Waals surface area (Å²) in [7, 11) is 0. The van der Waals surface area contributed by atoms with Gasteiger partial charge < -0.3 is 14.8 Å². The van der Waals surface area contributed by atoms with Crippen LogP contribution in [-0.2, 0) is 11.2 Å². The number of carbonyl (C=O) groups is 1. The van der Waals surface area contributed by atoms with Crippen LogP contribution < -0.4 is 14.8 Å². The summed E-state index contributed by atoms with van der Waals surface area (Å²) in [5, 5.41) is 3.14. The van der Waals surface area contributed by atoms with Crippen LogP contribution in [0.3, 0.4) is 0 Å². The molecular formula is C20H31NO3. The van der Waals surface area contributed by atoms with E-state index in [1.165, 1.54) is 12.8 Å². The molecule has 0 aliphatic heterocycles. The molecule has 1 aromatic rings. The van der Waals surface area contributed by atoms with Crippen molar-refractivity contribution in [3.05, 3.63) is 23.8 Å². The number of benzene rings is 1. The van der Waals surface area contributed by atoms with Gasteiger partial charge >= 0.3 is 0 Å². The van der Waals surface area contributed by atoms with Gasteiger partial charge in [-0.3, -0.25) is 4.79 Å². The van der Waals surface area contributed by atoms with Crippen LogP contribution in [0, 0.1) is 0 Å². The first-order valence-corrected chi connectivity index (χ1v) is 9.40. The largest absolute Gasteiger partial charge is 0.490 e. The zero-order valence-electron chi connectivity index (χ0n) is 15.1. The lowest BCUT2D eigenvalue weighted by atomic mass is 10.1. The van der Waals surface area contributed by atoms with E-state index in [4.69, 9.17) is 9.47 Å². The van der Waals surface area contributed by atoms with Gasteiger partial charge in [0.25, 0.3) is 0 Å². The first-order chi connectivity index (χ1) is 11.7. The predicted octanol–water partition coefficient (Wildman–Crippen LogP) is 4.26. The second-order valence-corrected chi connectivity index (χ2v) is 6.47. The van der Waals surface area contributed by atoms with Gasteiger partial charge in [0.2, 0.25) is 5.91 Å². The molecule has 1 aliphatic carbocycles. The van der Waals surface area contributed by atoms with Crippen molar-refractivity contribution in [1.29, 1.82) is 0 Å². The van der Waals surface area contributed by atoms with Gasteiger partial charge in [-0.2, -0.15) is 0 Å². The molecule has 4 heteroatoms.